The average Bonchev–Trinajstić information content (AvgIpc) is 0.793. The summed E-state index contributed by atoms with van der Waals surface area (Å²) in [4.78, 5) is 112. The Balaban J connectivity index is 0.000000126. The van der Waals surface area contributed by atoms with Gasteiger partial charge in [-0.1, -0.05) is 259 Å². The Kier molecular flexibility index (Phi) is 29.1. The molecule has 139 heavy (non-hydrogen) atoms. The molecule has 0 bridgehead atoms. The van der Waals surface area contributed by atoms with Gasteiger partial charge in [0.05, 0.1) is 88.5 Å². The van der Waals surface area contributed by atoms with Gasteiger partial charge < -0.3 is 21.3 Å². The number of carbonyl (C=O) groups is 2. The van der Waals surface area contributed by atoms with E-state index in [0.717, 1.165) is 44.6 Å². The van der Waals surface area contributed by atoms with Crippen LogP contribution in [0.5, 0.6) is 5.75 Å². The van der Waals surface area contributed by atoms with Gasteiger partial charge in [-0.25, -0.2) is 34.1 Å². The van der Waals surface area contributed by atoms with Crippen LogP contribution in [0.15, 0.2) is 394 Å². The number of fused-ring (bicyclic) bond motifs is 5. The number of amides is 1. The Labute approximate surface area is 797 Å². The molecule has 5 N–H and O–H groups in total. The number of aromatic carboxylic acids is 1. The van der Waals surface area contributed by atoms with E-state index in [0.29, 0.717) is 118 Å². The van der Waals surface area contributed by atoms with E-state index in [1.165, 1.54) is 56.0 Å². The van der Waals surface area contributed by atoms with Gasteiger partial charge in [0.2, 0.25) is 5.91 Å². The van der Waals surface area contributed by atoms with Crippen LogP contribution in [0.2, 0.25) is 0 Å². The van der Waals surface area contributed by atoms with E-state index in [2.05, 4.69) is 39.3 Å². The van der Waals surface area contributed by atoms with Crippen LogP contribution in [0.1, 0.15) is 96.5 Å². The zero-order valence-electron chi connectivity index (χ0n) is 76.2. The van der Waals surface area contributed by atoms with Crippen LogP contribution in [0.4, 0.5) is 15.8 Å². The number of aryl methyl sites for hydroxylation is 4. The predicted octanol–water partition coefficient (Wildman–Crippen LogP) is 23.1. The van der Waals surface area contributed by atoms with Gasteiger partial charge >= 0.3 is 5.97 Å². The summed E-state index contributed by atoms with van der Waals surface area (Å²) in [5.74, 6) is 1.05. The van der Waals surface area contributed by atoms with E-state index in [4.69, 9.17) is 15.7 Å². The molecule has 0 saturated carbocycles. The van der Waals surface area contributed by atoms with Crippen molar-refractivity contribution in [1.82, 2.24) is 47.8 Å². The number of halogens is 1. The second kappa shape index (κ2) is 43.2. The van der Waals surface area contributed by atoms with Gasteiger partial charge in [-0.15, -0.1) is 0 Å². The number of nitrogens with zero attached hydrogens (tertiary/aromatic N) is 10. The molecule has 21 nitrogen and oxygen atoms in total. The summed E-state index contributed by atoms with van der Waals surface area (Å²) in [7, 11) is 0. The lowest BCUT2D eigenvalue weighted by Crippen LogP contribution is -2.22. The van der Waals surface area contributed by atoms with Crippen LogP contribution < -0.4 is 38.8 Å². The summed E-state index contributed by atoms with van der Waals surface area (Å²) in [6.07, 6.45) is 18.6. The molecule has 20 aromatic rings. The highest BCUT2D eigenvalue weighted by Gasteiger charge is 2.19. The maximum atomic E-state index is 13.3. The number of nitrogens with one attached hydrogen (secondary N) is 1. The number of nitrogen functional groups attached to an aromatic ring is 1. The summed E-state index contributed by atoms with van der Waals surface area (Å²) in [5.41, 5.74) is 22.2. The third-order valence-electron chi connectivity index (χ3n) is 22.3. The van der Waals surface area contributed by atoms with Gasteiger partial charge in [0.1, 0.15) is 40.7 Å². The number of carboxylic acids is 1. The Morgan fingerprint density at radius 3 is 0.921 bits per heavy atom. The number of anilines is 2. The van der Waals surface area contributed by atoms with E-state index in [1.54, 1.807) is 161 Å². The molecule has 20 rings (SSSR count). The number of rotatable bonds is 17. The average molecular weight is 1830 g/mol. The highest BCUT2D eigenvalue weighted by molar-refractivity contribution is 5.91. The molecule has 0 fully saturated rings. The van der Waals surface area contributed by atoms with E-state index in [-0.39, 0.29) is 50.8 Å². The monoisotopic (exact) mass is 1830 g/mol. The zero-order chi connectivity index (χ0) is 97.0. The number of carboxylic acid groups (broad SMARTS) is 1. The summed E-state index contributed by atoms with van der Waals surface area (Å²) in [5, 5.41) is 24.6. The molecule has 1 amide bonds. The summed E-state index contributed by atoms with van der Waals surface area (Å²) >= 11 is 0. The smallest absolute Gasteiger partial charge is 0.335 e. The predicted molar refractivity (Wildman–Crippen MR) is 560 cm³/mol. The van der Waals surface area contributed by atoms with Gasteiger partial charge in [0, 0.05) is 24.4 Å². The first-order valence-electron chi connectivity index (χ1n) is 44.4. The van der Waals surface area contributed by atoms with Crippen LogP contribution >= 0.6 is 0 Å². The van der Waals surface area contributed by atoms with Crippen molar-refractivity contribution < 1.29 is 24.2 Å². The Morgan fingerprint density at radius 2 is 0.583 bits per heavy atom. The fourth-order valence-electron chi connectivity index (χ4n) is 15.3. The van der Waals surface area contributed by atoms with Gasteiger partial charge in [-0.3, -0.25) is 51.6 Å². The number of hydrogen-bond donors (Lipinski definition) is 4. The molecule has 0 unspecified atom stereocenters. The zero-order valence-corrected chi connectivity index (χ0v) is 76.2. The Morgan fingerprint density at radius 1 is 0.295 bits per heavy atom. The highest BCUT2D eigenvalue weighted by atomic mass is 19.1. The second-order valence-corrected chi connectivity index (χ2v) is 32.5. The molecule has 15 aromatic carbocycles. The second-order valence-electron chi connectivity index (χ2n) is 32.5. The normalized spacial score (nSPS) is 11.2. The maximum Gasteiger partial charge on any atom is 0.335 e. The lowest BCUT2D eigenvalue weighted by Gasteiger charge is -2.13. The minimum Gasteiger partial charge on any atom is -0.508 e. The third-order valence-corrected chi connectivity index (χ3v) is 22.3. The number of phenols is 1. The summed E-state index contributed by atoms with van der Waals surface area (Å²) < 4.78 is 20.9. The van der Waals surface area contributed by atoms with Crippen molar-refractivity contribution in [3.05, 3.63) is 512 Å². The van der Waals surface area contributed by atoms with Gasteiger partial charge in [0.15, 0.2) is 0 Å². The molecule has 0 atom stereocenters. The molecule has 0 aliphatic heterocycles. The van der Waals surface area contributed by atoms with Crippen molar-refractivity contribution in [3.63, 3.8) is 0 Å². The molecule has 0 aliphatic carbocycles. The topological polar surface area (TPSA) is 287 Å². The van der Waals surface area contributed by atoms with Crippen LogP contribution in [0.3, 0.4) is 0 Å². The highest BCUT2D eigenvalue weighted by Crippen LogP contribution is 2.27. The lowest BCUT2D eigenvalue weighted by molar-refractivity contribution is -0.114. The van der Waals surface area contributed by atoms with Crippen molar-refractivity contribution >= 4 is 139 Å². The lowest BCUT2D eigenvalue weighted by atomic mass is 10.1. The molecule has 0 aliphatic rings. The third kappa shape index (κ3) is 22.9. The molecule has 0 saturated heterocycles. The quantitative estimate of drug-likeness (QED) is 0.0616. The molecular weight excluding hydrogens is 1740 g/mol. The summed E-state index contributed by atoms with van der Waals surface area (Å²) in [6.45, 7) is 9.55. The first kappa shape index (κ1) is 93.4. The number of aromatic hydroxyl groups is 1. The fraction of sp³-hybridized carbons (Fsp3) is 0.0427. The van der Waals surface area contributed by atoms with Crippen molar-refractivity contribution in [3.8, 4) is 34.2 Å². The van der Waals surface area contributed by atoms with Crippen molar-refractivity contribution in [2.45, 2.75) is 34.6 Å². The minimum atomic E-state index is -1.05. The van der Waals surface area contributed by atoms with Crippen molar-refractivity contribution in [2.75, 3.05) is 11.1 Å². The number of hydrogen-bond acceptors (Lipinski definition) is 14. The SMILES string of the molecule is CC(=O)Nc1cccc(-n2c(/C=C/c3ccc(F)cc3)nc3ccccc3c2=O)c1.Cc1ccc(/C=C/c2nc3ccccc3c(=O)n2-c2cccc(C(=O)O)c2)cc1.Cc1ccc(/C=C/c2nc3ccccc3c(=O)n2-c2cccc(N)c2)cc1.Cc1ccc(/C=C/c2nc3ccccc3c(=O)n2-c2cccc(O)c2)cc1.Cc1cccc(-n2c(/C=C/c3ccccc3)nc3ccccc3c2=O)c1. The Hall–Kier alpha value is -18.8. The molecule has 22 heteroatoms. The number of nitrogens with two attached hydrogens (primary N) is 1. The molecule has 0 spiro atoms. The molecule has 5 heterocycles. The largest absolute Gasteiger partial charge is 0.508 e. The summed E-state index contributed by atoms with van der Waals surface area (Å²) in [6, 6.07) is 112. The minimum absolute atomic E-state index is 0.0612. The number of para-hydroxylation sites is 5. The van der Waals surface area contributed by atoms with Crippen LogP contribution in [0.25, 0.3) is 144 Å². The van der Waals surface area contributed by atoms with Gasteiger partial charge in [-0.2, -0.15) is 0 Å². The van der Waals surface area contributed by atoms with Gasteiger partial charge in [-0.05, 0) is 243 Å². The number of phenolic OH excluding ortho intramolecular Hbond substituents is 1. The van der Waals surface area contributed by atoms with Crippen molar-refractivity contribution in [2.24, 2.45) is 0 Å². The van der Waals surface area contributed by atoms with E-state index in [9.17, 15) is 48.2 Å². The number of carbonyl (C=O) groups excluding carboxylic acids is 1. The standard InChI is InChI=1S/C24H18FN3O2.C24H18N2O3.C23H19N3O.C23H18N2O2.C23H18N2O/c1-16(29)26-19-5-4-6-20(15-19)28-23(14-11-17-9-12-18(25)13-10-17)27-22-8-3-2-7-21(22)24(28)30;1-16-9-11-17(12-10-16)13-14-22-25-21-8-3-2-7-20(21)23(27)26(22)19-6-4-5-18(15-19)24(28)29;1-16-9-11-17(12-10-16)13-14-22-25-21-8-3-2-7-20(21)23(27)26(22)19-6-4-5-18(24)15-19;1-16-9-11-17(12-10-16)13-14-22-24-21-8-3-2-7-20(21)23(27)25(22)18-5-4-6-19(26)15-18;1-17-8-7-11-19(16-17)25-22(15-14-18-9-3-2-4-10-18)24-21-13-6-5-12-20(21)23(25)26/h2-15H,1H3,(H,26,29);2-15H,1H3,(H,28,29);2-15H,24H2,1H3;2-15,26H,1H3;2-16H,1H3/b14-11+;3*14-13+;15-14+. The number of aromatic nitrogens is 10. The first-order valence-corrected chi connectivity index (χ1v) is 44.4. The number of benzene rings is 15. The maximum absolute atomic E-state index is 13.3. The van der Waals surface area contributed by atoms with E-state index in [1.807, 2.05) is 263 Å². The van der Waals surface area contributed by atoms with Gasteiger partial charge in [0.25, 0.3) is 27.8 Å². The van der Waals surface area contributed by atoms with Crippen LogP contribution in [-0.2, 0) is 4.79 Å². The van der Waals surface area contributed by atoms with Crippen LogP contribution in [-0.4, -0.2) is 69.8 Å². The van der Waals surface area contributed by atoms with E-state index < -0.39 is 5.97 Å². The fourth-order valence-corrected chi connectivity index (χ4v) is 15.3. The Bertz CT molecular complexity index is 8300. The van der Waals surface area contributed by atoms with Crippen molar-refractivity contribution in [1.29, 1.82) is 0 Å². The molecule has 680 valence electrons. The molecule has 0 radical (unpaired) electrons. The van der Waals surface area contributed by atoms with E-state index >= 15 is 0 Å². The molecular formula is C117H91FN12O9. The van der Waals surface area contributed by atoms with Crippen LogP contribution in [0, 0.1) is 33.5 Å². The molecule has 5 aromatic heterocycles. The first-order chi connectivity index (χ1) is 67.5.